The summed E-state index contributed by atoms with van der Waals surface area (Å²) in [5.74, 6) is 0.787. The monoisotopic (exact) mass is 276 g/mol. The normalized spacial score (nSPS) is 24.2. The summed E-state index contributed by atoms with van der Waals surface area (Å²) in [6.45, 7) is 7.44. The molecule has 18 heavy (non-hydrogen) atoms. The first kappa shape index (κ1) is 17.7. The van der Waals surface area contributed by atoms with E-state index in [9.17, 15) is 4.79 Å². The van der Waals surface area contributed by atoms with Gasteiger partial charge in [0, 0.05) is 12.5 Å². The lowest BCUT2D eigenvalue weighted by Gasteiger charge is -2.40. The van der Waals surface area contributed by atoms with Gasteiger partial charge in [-0.2, -0.15) is 0 Å². The minimum Gasteiger partial charge on any atom is -0.353 e. The highest BCUT2D eigenvalue weighted by atomic mass is 35.5. The van der Waals surface area contributed by atoms with Crippen LogP contribution in [0.25, 0.3) is 0 Å². The first-order valence-electron chi connectivity index (χ1n) is 6.94. The van der Waals surface area contributed by atoms with E-state index in [2.05, 4.69) is 26.1 Å². The van der Waals surface area contributed by atoms with E-state index < -0.39 is 0 Å². The van der Waals surface area contributed by atoms with Crippen LogP contribution in [0.2, 0.25) is 0 Å². The van der Waals surface area contributed by atoms with E-state index in [1.54, 1.807) is 0 Å². The SMILES string of the molecule is CC(C)(C)C1CCCCC1NC(=O)CCCN.Cl. The van der Waals surface area contributed by atoms with E-state index in [0.29, 0.717) is 24.9 Å². The second-order valence-corrected chi connectivity index (χ2v) is 6.32. The van der Waals surface area contributed by atoms with Gasteiger partial charge in [-0.05, 0) is 37.1 Å². The van der Waals surface area contributed by atoms with Gasteiger partial charge < -0.3 is 11.1 Å². The van der Waals surface area contributed by atoms with E-state index in [0.717, 1.165) is 12.8 Å². The molecule has 1 saturated carbocycles. The second kappa shape index (κ2) is 8.00. The Labute approximate surface area is 118 Å². The van der Waals surface area contributed by atoms with Gasteiger partial charge in [-0.15, -0.1) is 12.4 Å². The van der Waals surface area contributed by atoms with Crippen molar-refractivity contribution in [2.24, 2.45) is 17.1 Å². The number of carbonyl (C=O) groups excluding carboxylic acids is 1. The largest absolute Gasteiger partial charge is 0.353 e. The summed E-state index contributed by atoms with van der Waals surface area (Å²) in [6.07, 6.45) is 6.29. The predicted molar refractivity (Wildman–Crippen MR) is 78.9 cm³/mol. The molecule has 0 aromatic rings. The third-order valence-corrected chi connectivity index (χ3v) is 3.83. The van der Waals surface area contributed by atoms with E-state index in [1.165, 1.54) is 19.3 Å². The quantitative estimate of drug-likeness (QED) is 0.830. The molecule has 1 amide bonds. The third kappa shape index (κ3) is 5.57. The summed E-state index contributed by atoms with van der Waals surface area (Å²) in [5, 5.41) is 3.22. The summed E-state index contributed by atoms with van der Waals surface area (Å²) in [5.41, 5.74) is 5.71. The maximum atomic E-state index is 11.8. The Morgan fingerprint density at radius 3 is 2.44 bits per heavy atom. The van der Waals surface area contributed by atoms with Crippen LogP contribution in [0.3, 0.4) is 0 Å². The molecule has 4 heteroatoms. The number of nitrogens with one attached hydrogen (secondary N) is 1. The molecule has 2 atom stereocenters. The average Bonchev–Trinajstić information content (AvgIpc) is 2.25. The smallest absolute Gasteiger partial charge is 0.220 e. The predicted octanol–water partition coefficient (Wildman–Crippen LogP) is 2.87. The third-order valence-electron chi connectivity index (χ3n) is 3.83. The molecular formula is C14H29ClN2O. The Morgan fingerprint density at radius 1 is 1.28 bits per heavy atom. The number of nitrogens with two attached hydrogens (primary N) is 1. The van der Waals surface area contributed by atoms with Crippen molar-refractivity contribution in [2.75, 3.05) is 6.54 Å². The van der Waals surface area contributed by atoms with Crippen LogP contribution in [0.5, 0.6) is 0 Å². The van der Waals surface area contributed by atoms with Gasteiger partial charge in [0.2, 0.25) is 5.91 Å². The van der Waals surface area contributed by atoms with Crippen molar-refractivity contribution in [1.29, 1.82) is 0 Å². The van der Waals surface area contributed by atoms with Crippen molar-refractivity contribution in [1.82, 2.24) is 5.32 Å². The highest BCUT2D eigenvalue weighted by Crippen LogP contribution is 2.37. The summed E-state index contributed by atoms with van der Waals surface area (Å²) in [7, 11) is 0. The Balaban J connectivity index is 0.00000289. The van der Waals surface area contributed by atoms with Crippen molar-refractivity contribution < 1.29 is 4.79 Å². The van der Waals surface area contributed by atoms with Crippen molar-refractivity contribution in [3.05, 3.63) is 0 Å². The number of halogens is 1. The molecule has 0 aliphatic heterocycles. The fraction of sp³-hybridized carbons (Fsp3) is 0.929. The van der Waals surface area contributed by atoms with Crippen LogP contribution in [-0.2, 0) is 4.79 Å². The second-order valence-electron chi connectivity index (χ2n) is 6.32. The van der Waals surface area contributed by atoms with E-state index in [1.807, 2.05) is 0 Å². The Morgan fingerprint density at radius 2 is 1.89 bits per heavy atom. The van der Waals surface area contributed by atoms with Crippen LogP contribution in [0.4, 0.5) is 0 Å². The van der Waals surface area contributed by atoms with Crippen LogP contribution < -0.4 is 11.1 Å². The fourth-order valence-electron chi connectivity index (χ4n) is 2.88. The molecule has 1 fully saturated rings. The zero-order chi connectivity index (χ0) is 12.9. The topological polar surface area (TPSA) is 55.1 Å². The molecule has 2 unspecified atom stereocenters. The molecule has 0 radical (unpaired) electrons. The molecule has 0 bridgehead atoms. The molecule has 108 valence electrons. The van der Waals surface area contributed by atoms with E-state index in [4.69, 9.17) is 5.73 Å². The molecule has 1 aliphatic carbocycles. The van der Waals surface area contributed by atoms with Gasteiger partial charge in [0.25, 0.3) is 0 Å². The number of carbonyl (C=O) groups is 1. The van der Waals surface area contributed by atoms with E-state index in [-0.39, 0.29) is 23.7 Å². The Hall–Kier alpha value is -0.280. The molecule has 3 nitrogen and oxygen atoms in total. The average molecular weight is 277 g/mol. The van der Waals surface area contributed by atoms with E-state index >= 15 is 0 Å². The summed E-state index contributed by atoms with van der Waals surface area (Å²) in [4.78, 5) is 11.8. The highest BCUT2D eigenvalue weighted by Gasteiger charge is 2.34. The molecule has 0 spiro atoms. The van der Waals surface area contributed by atoms with Crippen molar-refractivity contribution in [2.45, 2.75) is 65.3 Å². The van der Waals surface area contributed by atoms with Crippen molar-refractivity contribution in [3.8, 4) is 0 Å². The van der Waals surface area contributed by atoms with Gasteiger partial charge in [-0.25, -0.2) is 0 Å². The van der Waals surface area contributed by atoms with Gasteiger partial charge in [-0.1, -0.05) is 33.6 Å². The Kier molecular flexibility index (Phi) is 7.88. The van der Waals surface area contributed by atoms with Crippen LogP contribution in [-0.4, -0.2) is 18.5 Å². The molecule has 0 heterocycles. The zero-order valence-corrected chi connectivity index (χ0v) is 12.8. The van der Waals surface area contributed by atoms with Gasteiger partial charge in [0.15, 0.2) is 0 Å². The first-order valence-corrected chi connectivity index (χ1v) is 6.94. The summed E-state index contributed by atoms with van der Waals surface area (Å²) < 4.78 is 0. The van der Waals surface area contributed by atoms with Gasteiger partial charge >= 0.3 is 0 Å². The number of hydrogen-bond donors (Lipinski definition) is 2. The zero-order valence-electron chi connectivity index (χ0n) is 12.0. The van der Waals surface area contributed by atoms with Gasteiger partial charge in [0.1, 0.15) is 0 Å². The maximum absolute atomic E-state index is 11.8. The van der Waals surface area contributed by atoms with Gasteiger partial charge in [-0.3, -0.25) is 4.79 Å². The Bertz CT molecular complexity index is 251. The molecule has 1 rings (SSSR count). The molecule has 1 aliphatic rings. The van der Waals surface area contributed by atoms with Crippen LogP contribution in [0.1, 0.15) is 59.3 Å². The lowest BCUT2D eigenvalue weighted by Crippen LogP contribution is -2.46. The molecule has 0 aromatic carbocycles. The molecule has 0 aromatic heterocycles. The van der Waals surface area contributed by atoms with Crippen LogP contribution in [0.15, 0.2) is 0 Å². The first-order chi connectivity index (χ1) is 7.95. The van der Waals surface area contributed by atoms with Gasteiger partial charge in [0.05, 0.1) is 0 Å². The molecule has 0 saturated heterocycles. The number of hydrogen-bond acceptors (Lipinski definition) is 2. The fourth-order valence-corrected chi connectivity index (χ4v) is 2.88. The number of amides is 1. The van der Waals surface area contributed by atoms with Crippen molar-refractivity contribution >= 4 is 18.3 Å². The summed E-state index contributed by atoms with van der Waals surface area (Å²) in [6, 6.07) is 0.369. The summed E-state index contributed by atoms with van der Waals surface area (Å²) >= 11 is 0. The number of rotatable bonds is 4. The lowest BCUT2D eigenvalue weighted by molar-refractivity contribution is -0.122. The molecular weight excluding hydrogens is 248 g/mol. The standard InChI is InChI=1S/C14H28N2O.ClH/c1-14(2,3)11-7-4-5-8-12(11)16-13(17)9-6-10-15;/h11-12H,4-10,15H2,1-3H3,(H,16,17);1H. The van der Waals surface area contributed by atoms with Crippen molar-refractivity contribution in [3.63, 3.8) is 0 Å². The highest BCUT2D eigenvalue weighted by molar-refractivity contribution is 5.85. The minimum atomic E-state index is 0. The van der Waals surface area contributed by atoms with Crippen LogP contribution >= 0.6 is 12.4 Å². The molecule has 3 N–H and O–H groups in total. The lowest BCUT2D eigenvalue weighted by atomic mass is 9.69. The maximum Gasteiger partial charge on any atom is 0.220 e. The van der Waals surface area contributed by atoms with Crippen LogP contribution in [0, 0.1) is 11.3 Å². The minimum absolute atomic E-state index is 0.